The number of allylic oxidation sites excluding steroid dienone is 2. The monoisotopic (exact) mass is 207 g/mol. The van der Waals surface area contributed by atoms with Gasteiger partial charge in [-0.05, 0) is 50.4 Å². The van der Waals surface area contributed by atoms with Crippen LogP contribution >= 0.6 is 0 Å². The maximum Gasteiger partial charge on any atom is 0.0174 e. The van der Waals surface area contributed by atoms with Gasteiger partial charge in [-0.15, -0.1) is 0 Å². The molecule has 1 atom stereocenters. The molecule has 0 aromatic rings. The third-order valence-corrected chi connectivity index (χ3v) is 4.13. The largest absolute Gasteiger partial charge is 0.375 e. The molecule has 2 aliphatic rings. The highest BCUT2D eigenvalue weighted by molar-refractivity contribution is 5.06. The molecule has 0 spiro atoms. The molecule has 1 heterocycles. The fourth-order valence-electron chi connectivity index (χ4n) is 2.91. The molecule has 1 heteroatoms. The molecule has 1 saturated heterocycles. The van der Waals surface area contributed by atoms with Gasteiger partial charge in [0.15, 0.2) is 0 Å². The highest BCUT2D eigenvalue weighted by Gasteiger charge is 2.21. The summed E-state index contributed by atoms with van der Waals surface area (Å²) < 4.78 is 0. The predicted molar refractivity (Wildman–Crippen MR) is 65.7 cm³/mol. The van der Waals surface area contributed by atoms with Gasteiger partial charge in [0.2, 0.25) is 0 Å². The van der Waals surface area contributed by atoms with Crippen molar-refractivity contribution in [1.82, 2.24) is 4.90 Å². The first-order chi connectivity index (χ1) is 7.27. The quantitative estimate of drug-likeness (QED) is 0.665. The smallest absolute Gasteiger partial charge is 0.0174 e. The molecule has 1 unspecified atom stereocenters. The van der Waals surface area contributed by atoms with E-state index in [4.69, 9.17) is 0 Å². The maximum absolute atomic E-state index is 2.64. The summed E-state index contributed by atoms with van der Waals surface area (Å²) in [7, 11) is 0. The molecule has 1 fully saturated rings. The van der Waals surface area contributed by atoms with Crippen molar-refractivity contribution in [2.24, 2.45) is 11.8 Å². The van der Waals surface area contributed by atoms with Crippen LogP contribution < -0.4 is 0 Å². The Bertz CT molecular complexity index is 223. The van der Waals surface area contributed by atoms with Crippen LogP contribution in [0.3, 0.4) is 0 Å². The van der Waals surface area contributed by atoms with Crippen LogP contribution in [0.1, 0.15) is 52.4 Å². The molecule has 1 aliphatic carbocycles. The molecule has 0 amide bonds. The van der Waals surface area contributed by atoms with Crippen LogP contribution in [0.2, 0.25) is 0 Å². The molecular formula is C14H25N. The molecule has 0 bridgehead atoms. The van der Waals surface area contributed by atoms with E-state index in [1.165, 1.54) is 51.6 Å². The SMILES string of the molecule is CC(C)C1CC=C(N2CCCCC2)CC1. The van der Waals surface area contributed by atoms with Crippen LogP contribution in [0.4, 0.5) is 0 Å². The van der Waals surface area contributed by atoms with Crippen molar-refractivity contribution in [3.63, 3.8) is 0 Å². The van der Waals surface area contributed by atoms with Crippen LogP contribution in [0.5, 0.6) is 0 Å². The molecule has 0 aromatic carbocycles. The van der Waals surface area contributed by atoms with Crippen molar-refractivity contribution in [2.45, 2.75) is 52.4 Å². The van der Waals surface area contributed by atoms with Gasteiger partial charge in [0.05, 0.1) is 0 Å². The number of rotatable bonds is 2. The predicted octanol–water partition coefficient (Wildman–Crippen LogP) is 3.81. The Hall–Kier alpha value is -0.460. The summed E-state index contributed by atoms with van der Waals surface area (Å²) in [6.45, 7) is 7.37. The number of hydrogen-bond acceptors (Lipinski definition) is 1. The maximum atomic E-state index is 2.64. The van der Waals surface area contributed by atoms with Crippen LogP contribution in [-0.4, -0.2) is 18.0 Å². The molecule has 1 nitrogen and oxygen atoms in total. The Labute approximate surface area is 94.5 Å². The van der Waals surface area contributed by atoms with Gasteiger partial charge in [0.1, 0.15) is 0 Å². The van der Waals surface area contributed by atoms with Gasteiger partial charge in [-0.2, -0.15) is 0 Å². The second-order valence-corrected chi connectivity index (χ2v) is 5.52. The van der Waals surface area contributed by atoms with Gasteiger partial charge in [-0.1, -0.05) is 19.9 Å². The first-order valence-electron chi connectivity index (χ1n) is 6.71. The van der Waals surface area contributed by atoms with E-state index >= 15 is 0 Å². The van der Waals surface area contributed by atoms with E-state index in [1.54, 1.807) is 5.70 Å². The molecule has 86 valence electrons. The van der Waals surface area contributed by atoms with E-state index in [2.05, 4.69) is 24.8 Å². The lowest BCUT2D eigenvalue weighted by molar-refractivity contribution is 0.250. The highest BCUT2D eigenvalue weighted by Crippen LogP contribution is 2.31. The summed E-state index contributed by atoms with van der Waals surface area (Å²) in [6.07, 6.45) is 10.9. The Morgan fingerprint density at radius 3 is 2.47 bits per heavy atom. The van der Waals surface area contributed by atoms with Crippen molar-refractivity contribution in [1.29, 1.82) is 0 Å². The Morgan fingerprint density at radius 2 is 1.93 bits per heavy atom. The lowest BCUT2D eigenvalue weighted by Gasteiger charge is -2.35. The Balaban J connectivity index is 1.89. The molecule has 0 radical (unpaired) electrons. The van der Waals surface area contributed by atoms with Gasteiger partial charge in [0, 0.05) is 18.8 Å². The number of nitrogens with zero attached hydrogens (tertiary/aromatic N) is 1. The fourth-order valence-corrected chi connectivity index (χ4v) is 2.91. The average Bonchev–Trinajstić information content (AvgIpc) is 2.30. The molecule has 1 aliphatic heterocycles. The van der Waals surface area contributed by atoms with Crippen molar-refractivity contribution < 1.29 is 0 Å². The van der Waals surface area contributed by atoms with E-state index in [0.29, 0.717) is 0 Å². The minimum atomic E-state index is 0.865. The number of hydrogen-bond donors (Lipinski definition) is 0. The fraction of sp³-hybridized carbons (Fsp3) is 0.857. The molecule has 0 saturated carbocycles. The van der Waals surface area contributed by atoms with Gasteiger partial charge in [-0.25, -0.2) is 0 Å². The summed E-state index contributed by atoms with van der Waals surface area (Å²) in [5.41, 5.74) is 1.66. The zero-order valence-electron chi connectivity index (χ0n) is 10.3. The number of piperidine rings is 1. The van der Waals surface area contributed by atoms with Crippen molar-refractivity contribution in [2.75, 3.05) is 13.1 Å². The third-order valence-electron chi connectivity index (χ3n) is 4.13. The minimum absolute atomic E-state index is 0.865. The second-order valence-electron chi connectivity index (χ2n) is 5.52. The summed E-state index contributed by atoms with van der Waals surface area (Å²) in [4.78, 5) is 2.64. The normalized spacial score (nSPS) is 28.1. The van der Waals surface area contributed by atoms with Gasteiger partial charge >= 0.3 is 0 Å². The van der Waals surface area contributed by atoms with Crippen LogP contribution in [0, 0.1) is 11.8 Å². The summed E-state index contributed by atoms with van der Waals surface area (Å²) in [5, 5.41) is 0. The van der Waals surface area contributed by atoms with Gasteiger partial charge in [-0.3, -0.25) is 0 Å². The number of likely N-dealkylation sites (tertiary alicyclic amines) is 1. The summed E-state index contributed by atoms with van der Waals surface area (Å²) in [6, 6.07) is 0. The Morgan fingerprint density at radius 1 is 1.20 bits per heavy atom. The standard InChI is InChI=1S/C14H25N/c1-12(2)13-6-8-14(9-7-13)15-10-4-3-5-11-15/h8,12-13H,3-7,9-11H2,1-2H3. The second kappa shape index (κ2) is 5.05. The zero-order valence-corrected chi connectivity index (χ0v) is 10.3. The van der Waals surface area contributed by atoms with Gasteiger partial charge in [0.25, 0.3) is 0 Å². The molecule has 0 aromatic heterocycles. The highest BCUT2D eigenvalue weighted by atomic mass is 15.1. The zero-order chi connectivity index (χ0) is 10.7. The molecule has 0 N–H and O–H groups in total. The molecule has 15 heavy (non-hydrogen) atoms. The van der Waals surface area contributed by atoms with Crippen LogP contribution in [0.25, 0.3) is 0 Å². The van der Waals surface area contributed by atoms with Crippen LogP contribution in [0.15, 0.2) is 11.8 Å². The third kappa shape index (κ3) is 2.76. The summed E-state index contributed by atoms with van der Waals surface area (Å²) in [5.74, 6) is 1.81. The molecular weight excluding hydrogens is 182 g/mol. The lowest BCUT2D eigenvalue weighted by Crippen LogP contribution is -2.30. The van der Waals surface area contributed by atoms with Crippen molar-refractivity contribution in [3.8, 4) is 0 Å². The van der Waals surface area contributed by atoms with E-state index in [1.807, 2.05) is 0 Å². The van der Waals surface area contributed by atoms with E-state index in [-0.39, 0.29) is 0 Å². The Kier molecular flexibility index (Phi) is 3.71. The van der Waals surface area contributed by atoms with Crippen LogP contribution in [-0.2, 0) is 0 Å². The van der Waals surface area contributed by atoms with E-state index < -0.39 is 0 Å². The topological polar surface area (TPSA) is 3.24 Å². The lowest BCUT2D eigenvalue weighted by atomic mass is 9.83. The van der Waals surface area contributed by atoms with E-state index in [0.717, 1.165) is 11.8 Å². The van der Waals surface area contributed by atoms with Crippen molar-refractivity contribution >= 4 is 0 Å². The summed E-state index contributed by atoms with van der Waals surface area (Å²) >= 11 is 0. The van der Waals surface area contributed by atoms with Gasteiger partial charge < -0.3 is 4.90 Å². The first-order valence-corrected chi connectivity index (χ1v) is 6.71. The van der Waals surface area contributed by atoms with E-state index in [9.17, 15) is 0 Å². The minimum Gasteiger partial charge on any atom is -0.375 e. The molecule has 2 rings (SSSR count). The van der Waals surface area contributed by atoms with Crippen molar-refractivity contribution in [3.05, 3.63) is 11.8 Å². The first kappa shape index (κ1) is 11.0. The average molecular weight is 207 g/mol.